The van der Waals surface area contributed by atoms with Gasteiger partial charge in [0.05, 0.1) is 18.8 Å². The summed E-state index contributed by atoms with van der Waals surface area (Å²) in [6, 6.07) is 9.22. The van der Waals surface area contributed by atoms with Crippen LogP contribution in [0.5, 0.6) is 0 Å². The predicted octanol–water partition coefficient (Wildman–Crippen LogP) is 2.17. The second kappa shape index (κ2) is 9.17. The molecule has 3 aromatic rings. The van der Waals surface area contributed by atoms with Crippen molar-refractivity contribution in [3.05, 3.63) is 47.5 Å². The molecule has 12 heteroatoms. The number of hydrogen-bond acceptors (Lipinski definition) is 7. The Balaban J connectivity index is 1.74. The number of ether oxygens (including phenoxy) is 1. The Kier molecular flexibility index (Phi) is 6.84. The lowest BCUT2D eigenvalue weighted by Gasteiger charge is -2.15. The van der Waals surface area contributed by atoms with E-state index in [1.165, 1.54) is 6.33 Å². The van der Waals surface area contributed by atoms with E-state index in [-0.39, 0.29) is 18.4 Å². The van der Waals surface area contributed by atoms with Crippen LogP contribution in [-0.2, 0) is 15.8 Å². The van der Waals surface area contributed by atoms with Gasteiger partial charge in [0, 0.05) is 6.54 Å². The standard InChI is InChI=1S/C17H21ClN5O5P/c1-11(28-10-29(25,26)27)8-23-16-14(22-17(23)18)15(20-9-21-16)19-7-13(24)12-5-3-2-4-6-12/h2-6,9,11,13,24H,7-8,10H2,1H3,(H,19,20,21)(H2,25,26,27)/t11-,13-/m1/s1. The van der Waals surface area contributed by atoms with E-state index in [4.69, 9.17) is 26.1 Å². The quantitative estimate of drug-likeness (QED) is 0.290. The molecule has 0 aliphatic heterocycles. The lowest BCUT2D eigenvalue weighted by atomic mass is 10.1. The van der Waals surface area contributed by atoms with Crippen LogP contribution >= 0.6 is 19.2 Å². The van der Waals surface area contributed by atoms with Gasteiger partial charge in [-0.3, -0.25) is 9.13 Å². The van der Waals surface area contributed by atoms with Crippen molar-refractivity contribution in [1.29, 1.82) is 0 Å². The maximum absolute atomic E-state index is 11.0. The van der Waals surface area contributed by atoms with Gasteiger partial charge in [-0.25, -0.2) is 15.0 Å². The molecule has 2 heterocycles. The summed E-state index contributed by atoms with van der Waals surface area (Å²) in [4.78, 5) is 30.5. The van der Waals surface area contributed by atoms with Crippen molar-refractivity contribution in [2.75, 3.05) is 18.2 Å². The van der Waals surface area contributed by atoms with Crippen molar-refractivity contribution in [3.8, 4) is 0 Å². The Bertz CT molecular complexity index is 1010. The third-order valence-corrected chi connectivity index (χ3v) is 4.87. The number of imidazole rings is 1. The van der Waals surface area contributed by atoms with Crippen LogP contribution in [0.4, 0.5) is 5.82 Å². The summed E-state index contributed by atoms with van der Waals surface area (Å²) in [6.07, 6.45) is -0.615. The number of nitrogens with one attached hydrogen (secondary N) is 1. The molecular formula is C17H21ClN5O5P. The molecule has 0 radical (unpaired) electrons. The van der Waals surface area contributed by atoms with Gasteiger partial charge in [-0.15, -0.1) is 0 Å². The summed E-state index contributed by atoms with van der Waals surface area (Å²) in [5, 5.41) is 13.5. The van der Waals surface area contributed by atoms with E-state index in [1.54, 1.807) is 11.5 Å². The minimum atomic E-state index is -4.26. The minimum Gasteiger partial charge on any atom is -0.387 e. The first-order chi connectivity index (χ1) is 13.7. The fourth-order valence-electron chi connectivity index (χ4n) is 2.72. The van der Waals surface area contributed by atoms with Crippen LogP contribution in [-0.4, -0.2) is 53.4 Å². The highest BCUT2D eigenvalue weighted by atomic mass is 35.5. The van der Waals surface area contributed by atoms with E-state index in [0.717, 1.165) is 5.56 Å². The van der Waals surface area contributed by atoms with Crippen LogP contribution in [0, 0.1) is 0 Å². The van der Waals surface area contributed by atoms with E-state index < -0.39 is 26.2 Å². The first kappa shape index (κ1) is 21.6. The molecule has 0 amide bonds. The Morgan fingerprint density at radius 2 is 2.00 bits per heavy atom. The maximum Gasteiger partial charge on any atom is 0.350 e. The third-order valence-electron chi connectivity index (χ3n) is 4.10. The molecule has 0 spiro atoms. The van der Waals surface area contributed by atoms with Gasteiger partial charge in [-0.1, -0.05) is 30.3 Å². The summed E-state index contributed by atoms with van der Waals surface area (Å²) in [6.45, 7) is 2.06. The molecule has 29 heavy (non-hydrogen) atoms. The monoisotopic (exact) mass is 441 g/mol. The molecule has 0 saturated carbocycles. The zero-order valence-electron chi connectivity index (χ0n) is 15.5. The lowest BCUT2D eigenvalue weighted by molar-refractivity contribution is 0.0765. The van der Waals surface area contributed by atoms with Gasteiger partial charge in [0.25, 0.3) is 0 Å². The Morgan fingerprint density at radius 1 is 1.28 bits per heavy atom. The van der Waals surface area contributed by atoms with Crippen LogP contribution in [0.3, 0.4) is 0 Å². The molecule has 0 bridgehead atoms. The number of anilines is 1. The molecule has 2 atom stereocenters. The van der Waals surface area contributed by atoms with E-state index in [0.29, 0.717) is 17.0 Å². The number of nitrogens with zero attached hydrogens (tertiary/aromatic N) is 4. The second-order valence-electron chi connectivity index (χ2n) is 6.46. The lowest BCUT2D eigenvalue weighted by Crippen LogP contribution is -2.18. The fourth-order valence-corrected chi connectivity index (χ4v) is 3.40. The topological polar surface area (TPSA) is 143 Å². The molecule has 0 aliphatic rings. The van der Waals surface area contributed by atoms with E-state index in [2.05, 4.69) is 20.3 Å². The van der Waals surface area contributed by atoms with Gasteiger partial charge in [0.2, 0.25) is 5.28 Å². The van der Waals surface area contributed by atoms with E-state index in [1.807, 2.05) is 30.3 Å². The minimum absolute atomic E-state index is 0.138. The third kappa shape index (κ3) is 5.72. The van der Waals surface area contributed by atoms with Crippen molar-refractivity contribution in [2.45, 2.75) is 25.7 Å². The molecule has 0 saturated heterocycles. The molecule has 0 fully saturated rings. The molecule has 1 aromatic carbocycles. The molecule has 10 nitrogen and oxygen atoms in total. The summed E-state index contributed by atoms with van der Waals surface area (Å²) >= 11 is 6.23. The van der Waals surface area contributed by atoms with Crippen molar-refractivity contribution in [1.82, 2.24) is 19.5 Å². The number of fused-ring (bicyclic) bond motifs is 1. The molecule has 0 unspecified atom stereocenters. The molecule has 4 N–H and O–H groups in total. The summed E-state index contributed by atoms with van der Waals surface area (Å²) < 4.78 is 17.7. The molecule has 2 aromatic heterocycles. The fraction of sp³-hybridized carbons (Fsp3) is 0.353. The number of halogens is 1. The Hall–Kier alpha value is -2.07. The van der Waals surface area contributed by atoms with Crippen LogP contribution in [0.2, 0.25) is 5.28 Å². The first-order valence-corrected chi connectivity index (χ1v) is 10.9. The van der Waals surface area contributed by atoms with E-state index in [9.17, 15) is 9.67 Å². The number of aromatic nitrogens is 4. The zero-order valence-corrected chi connectivity index (χ0v) is 17.2. The van der Waals surface area contributed by atoms with Crippen LogP contribution in [0.1, 0.15) is 18.6 Å². The van der Waals surface area contributed by atoms with Crippen molar-refractivity contribution in [2.24, 2.45) is 0 Å². The SMILES string of the molecule is C[C@H](Cn1c(Cl)nc2c(NC[C@@H](O)c3ccccc3)ncnc21)OCP(=O)(O)O. The van der Waals surface area contributed by atoms with Gasteiger partial charge in [0.15, 0.2) is 17.0 Å². The highest BCUT2D eigenvalue weighted by molar-refractivity contribution is 7.51. The number of aliphatic hydroxyl groups is 1. The van der Waals surface area contributed by atoms with Crippen LogP contribution in [0.25, 0.3) is 11.2 Å². The Labute approximate surface area is 171 Å². The average Bonchev–Trinajstić information content (AvgIpc) is 3.00. The van der Waals surface area contributed by atoms with Gasteiger partial charge < -0.3 is 24.9 Å². The highest BCUT2D eigenvalue weighted by Gasteiger charge is 2.20. The van der Waals surface area contributed by atoms with Gasteiger partial charge in [-0.2, -0.15) is 0 Å². The normalized spacial score (nSPS) is 14.1. The van der Waals surface area contributed by atoms with Crippen molar-refractivity contribution < 1.29 is 24.2 Å². The average molecular weight is 442 g/mol. The van der Waals surface area contributed by atoms with Crippen molar-refractivity contribution in [3.63, 3.8) is 0 Å². The van der Waals surface area contributed by atoms with E-state index >= 15 is 0 Å². The summed E-state index contributed by atoms with van der Waals surface area (Å²) in [7, 11) is -4.26. The van der Waals surface area contributed by atoms with Crippen molar-refractivity contribution >= 4 is 36.2 Å². The predicted molar refractivity (Wildman–Crippen MR) is 108 cm³/mol. The smallest absolute Gasteiger partial charge is 0.350 e. The molecule has 3 rings (SSSR count). The first-order valence-electron chi connectivity index (χ1n) is 8.74. The van der Waals surface area contributed by atoms with Gasteiger partial charge in [-0.05, 0) is 24.1 Å². The summed E-state index contributed by atoms with van der Waals surface area (Å²) in [5.74, 6) is 0.412. The molecular weight excluding hydrogens is 421 g/mol. The molecule has 156 valence electrons. The zero-order chi connectivity index (χ0) is 21.0. The number of aliphatic hydroxyl groups excluding tert-OH is 1. The van der Waals surface area contributed by atoms with Crippen LogP contribution in [0.15, 0.2) is 36.7 Å². The van der Waals surface area contributed by atoms with Crippen LogP contribution < -0.4 is 5.32 Å². The molecule has 0 aliphatic carbocycles. The number of benzene rings is 1. The van der Waals surface area contributed by atoms with Gasteiger partial charge >= 0.3 is 7.60 Å². The van der Waals surface area contributed by atoms with Gasteiger partial charge in [0.1, 0.15) is 12.7 Å². The number of rotatable bonds is 9. The maximum atomic E-state index is 11.0. The highest BCUT2D eigenvalue weighted by Crippen LogP contribution is 2.34. The largest absolute Gasteiger partial charge is 0.387 e. The summed E-state index contributed by atoms with van der Waals surface area (Å²) in [5.41, 5.74) is 1.62. The number of hydrogen-bond donors (Lipinski definition) is 4. The second-order valence-corrected chi connectivity index (χ2v) is 8.39. The Morgan fingerprint density at radius 3 is 2.69 bits per heavy atom.